The Kier molecular flexibility index (Phi) is 4.22. The normalized spacial score (nSPS) is 10.3. The molecule has 1 nitrogen and oxygen atoms in total. The Morgan fingerprint density at radius 2 is 2.23 bits per heavy atom. The molecule has 68 valence electrons. The highest BCUT2D eigenvalue weighted by Crippen LogP contribution is 2.10. The van der Waals surface area contributed by atoms with Crippen LogP contribution in [0.4, 0.5) is 0 Å². The van der Waals surface area contributed by atoms with Crippen molar-refractivity contribution in [3.8, 4) is 0 Å². The van der Waals surface area contributed by atoms with E-state index in [1.165, 1.54) is 29.6 Å². The molecule has 0 aliphatic carbocycles. The lowest BCUT2D eigenvalue weighted by Gasteiger charge is -1.85. The second kappa shape index (κ2) is 5.22. The van der Waals surface area contributed by atoms with Crippen LogP contribution < -0.4 is 0 Å². The monoisotopic (exact) mass is 232 g/mol. The average molecular weight is 233 g/mol. The molecule has 1 heterocycles. The van der Waals surface area contributed by atoms with Gasteiger partial charge in [0.1, 0.15) is 4.49 Å². The topological polar surface area (TPSA) is 17.1 Å². The van der Waals surface area contributed by atoms with Crippen LogP contribution in [-0.2, 0) is 0 Å². The van der Waals surface area contributed by atoms with E-state index in [4.69, 9.17) is 23.2 Å². The van der Waals surface area contributed by atoms with Gasteiger partial charge in [0.15, 0.2) is 5.78 Å². The maximum atomic E-state index is 11.3. The Bertz CT molecular complexity index is 335. The number of allylic oxidation sites excluding steroid dienone is 3. The molecule has 0 amide bonds. The predicted molar refractivity (Wildman–Crippen MR) is 57.6 cm³/mol. The zero-order valence-electron chi connectivity index (χ0n) is 6.54. The second-order valence-corrected chi connectivity index (χ2v) is 4.11. The van der Waals surface area contributed by atoms with Gasteiger partial charge in [-0.1, -0.05) is 35.3 Å². The minimum absolute atomic E-state index is 0.0409. The summed E-state index contributed by atoms with van der Waals surface area (Å²) in [4.78, 5) is 12.0. The highest BCUT2D eigenvalue weighted by molar-refractivity contribution is 7.12. The van der Waals surface area contributed by atoms with E-state index in [-0.39, 0.29) is 10.3 Å². The summed E-state index contributed by atoms with van der Waals surface area (Å²) in [7, 11) is 0. The highest BCUT2D eigenvalue weighted by Gasteiger charge is 1.99. The largest absolute Gasteiger partial charge is 0.288 e. The van der Waals surface area contributed by atoms with E-state index in [1.54, 1.807) is 6.07 Å². The zero-order valence-corrected chi connectivity index (χ0v) is 8.86. The third kappa shape index (κ3) is 3.77. The second-order valence-electron chi connectivity index (χ2n) is 2.16. The summed E-state index contributed by atoms with van der Waals surface area (Å²) in [6.07, 6.45) is 4.41. The highest BCUT2D eigenvalue weighted by atomic mass is 35.5. The zero-order chi connectivity index (χ0) is 9.68. The fraction of sp³-hybridized carbons (Fsp3) is 0. The molecule has 0 N–H and O–H groups in total. The van der Waals surface area contributed by atoms with Gasteiger partial charge < -0.3 is 0 Å². The van der Waals surface area contributed by atoms with Crippen molar-refractivity contribution in [3.05, 3.63) is 45.1 Å². The number of carbonyl (C=O) groups excluding carboxylic acids is 1. The molecule has 13 heavy (non-hydrogen) atoms. The maximum Gasteiger partial charge on any atom is 0.195 e. The van der Waals surface area contributed by atoms with Crippen molar-refractivity contribution < 1.29 is 4.79 Å². The minimum atomic E-state index is -0.0409. The lowest BCUT2D eigenvalue weighted by Crippen LogP contribution is -1.87. The van der Waals surface area contributed by atoms with Crippen molar-refractivity contribution >= 4 is 40.3 Å². The van der Waals surface area contributed by atoms with Gasteiger partial charge in [0, 0.05) is 0 Å². The van der Waals surface area contributed by atoms with E-state index in [9.17, 15) is 4.79 Å². The van der Waals surface area contributed by atoms with Crippen LogP contribution >= 0.6 is 34.5 Å². The lowest BCUT2D eigenvalue weighted by molar-refractivity contribution is 0.105. The Morgan fingerprint density at radius 3 is 2.77 bits per heavy atom. The Hall–Kier alpha value is -0.570. The van der Waals surface area contributed by atoms with Crippen LogP contribution in [0.3, 0.4) is 0 Å². The first-order valence-electron chi connectivity index (χ1n) is 3.47. The molecular formula is C9H6Cl2OS. The number of carbonyl (C=O) groups is 1. The van der Waals surface area contributed by atoms with Crippen molar-refractivity contribution in [2.45, 2.75) is 0 Å². The number of halogens is 2. The van der Waals surface area contributed by atoms with Crippen LogP contribution in [0.15, 0.2) is 40.2 Å². The first-order chi connectivity index (χ1) is 6.20. The molecule has 0 saturated heterocycles. The molecule has 0 fully saturated rings. The number of thiophene rings is 1. The van der Waals surface area contributed by atoms with Gasteiger partial charge in [-0.15, -0.1) is 11.3 Å². The molecule has 1 aromatic rings. The third-order valence-electron chi connectivity index (χ3n) is 1.23. The summed E-state index contributed by atoms with van der Waals surface area (Å²) in [5.41, 5.74) is 0. The van der Waals surface area contributed by atoms with Crippen molar-refractivity contribution in [3.63, 3.8) is 0 Å². The van der Waals surface area contributed by atoms with Crippen molar-refractivity contribution in [2.24, 2.45) is 0 Å². The summed E-state index contributed by atoms with van der Waals surface area (Å²) >= 11 is 12.1. The van der Waals surface area contributed by atoms with Gasteiger partial charge >= 0.3 is 0 Å². The van der Waals surface area contributed by atoms with Gasteiger partial charge in [-0.25, -0.2) is 0 Å². The smallest absolute Gasteiger partial charge is 0.195 e. The van der Waals surface area contributed by atoms with Crippen LogP contribution in [0.5, 0.6) is 0 Å². The number of hydrogen-bond donors (Lipinski definition) is 0. The van der Waals surface area contributed by atoms with Gasteiger partial charge in [-0.3, -0.25) is 4.79 Å². The van der Waals surface area contributed by atoms with E-state index in [0.717, 1.165) is 0 Å². The van der Waals surface area contributed by atoms with E-state index in [0.29, 0.717) is 4.88 Å². The Labute approximate surface area is 90.3 Å². The molecule has 0 aliphatic heterocycles. The first-order valence-corrected chi connectivity index (χ1v) is 5.11. The fourth-order valence-electron chi connectivity index (χ4n) is 0.709. The van der Waals surface area contributed by atoms with Crippen LogP contribution in [0.2, 0.25) is 0 Å². The van der Waals surface area contributed by atoms with E-state index in [2.05, 4.69) is 0 Å². The number of hydrogen-bond acceptors (Lipinski definition) is 2. The van der Waals surface area contributed by atoms with Crippen molar-refractivity contribution in [2.75, 3.05) is 0 Å². The summed E-state index contributed by atoms with van der Waals surface area (Å²) in [5, 5.41) is 1.85. The Morgan fingerprint density at radius 1 is 1.46 bits per heavy atom. The number of ketones is 1. The molecule has 4 heteroatoms. The van der Waals surface area contributed by atoms with Crippen LogP contribution in [0.25, 0.3) is 0 Å². The SMILES string of the molecule is O=C(/C=C/C=C(Cl)Cl)c1cccs1. The van der Waals surface area contributed by atoms with Crippen molar-refractivity contribution in [1.29, 1.82) is 0 Å². The molecule has 0 saturated carbocycles. The molecule has 1 rings (SSSR count). The summed E-state index contributed by atoms with van der Waals surface area (Å²) in [6, 6.07) is 3.60. The lowest BCUT2D eigenvalue weighted by atomic mass is 10.3. The maximum absolute atomic E-state index is 11.3. The molecular weight excluding hydrogens is 227 g/mol. The van der Waals surface area contributed by atoms with E-state index in [1.807, 2.05) is 11.4 Å². The fourth-order valence-corrected chi connectivity index (χ4v) is 1.50. The molecule has 0 spiro atoms. The van der Waals surface area contributed by atoms with Gasteiger partial charge in [-0.2, -0.15) is 0 Å². The molecule has 0 aromatic carbocycles. The summed E-state index contributed by atoms with van der Waals surface area (Å²) < 4.78 is 0.134. The van der Waals surface area contributed by atoms with Crippen LogP contribution in [-0.4, -0.2) is 5.78 Å². The molecule has 0 radical (unpaired) electrons. The Balaban J connectivity index is 2.62. The molecule has 0 aliphatic rings. The number of rotatable bonds is 3. The van der Waals surface area contributed by atoms with Crippen LogP contribution in [0.1, 0.15) is 9.67 Å². The van der Waals surface area contributed by atoms with Gasteiger partial charge in [-0.05, 0) is 23.6 Å². The summed E-state index contributed by atoms with van der Waals surface area (Å²) in [6.45, 7) is 0. The van der Waals surface area contributed by atoms with Gasteiger partial charge in [0.2, 0.25) is 0 Å². The van der Waals surface area contributed by atoms with Crippen molar-refractivity contribution in [1.82, 2.24) is 0 Å². The predicted octanol–water partition coefficient (Wildman–Crippen LogP) is 3.81. The van der Waals surface area contributed by atoms with Gasteiger partial charge in [0.05, 0.1) is 4.88 Å². The van der Waals surface area contributed by atoms with E-state index < -0.39 is 0 Å². The quantitative estimate of drug-likeness (QED) is 0.440. The first kappa shape index (κ1) is 10.5. The minimum Gasteiger partial charge on any atom is -0.288 e. The van der Waals surface area contributed by atoms with Gasteiger partial charge in [0.25, 0.3) is 0 Å². The average Bonchev–Trinajstić information content (AvgIpc) is 2.55. The third-order valence-corrected chi connectivity index (χ3v) is 2.37. The molecule has 0 bridgehead atoms. The van der Waals surface area contributed by atoms with Crippen LogP contribution in [0, 0.1) is 0 Å². The summed E-state index contributed by atoms with van der Waals surface area (Å²) in [5.74, 6) is -0.0409. The standard InChI is InChI=1S/C9H6Cl2OS/c10-9(11)5-1-3-7(12)8-4-2-6-13-8/h1-6H/b3-1+. The molecule has 1 aromatic heterocycles. The van der Waals surface area contributed by atoms with E-state index >= 15 is 0 Å². The molecule has 0 atom stereocenters. The molecule has 0 unspecified atom stereocenters.